The minimum atomic E-state index is 0.204. The first-order valence-electron chi connectivity index (χ1n) is 7.61. The lowest BCUT2D eigenvalue weighted by Gasteiger charge is -2.25. The number of nitrogens with zero attached hydrogens (tertiary/aromatic N) is 1. The van der Waals surface area contributed by atoms with E-state index in [0.29, 0.717) is 6.54 Å². The zero-order chi connectivity index (χ0) is 14.7. The lowest BCUT2D eigenvalue weighted by atomic mass is 10.00. The largest absolute Gasteiger partial charge is 0.496 e. The number of hydrogen-bond donors (Lipinski definition) is 0. The SMILES string of the molecule is COc1ccc(C(=O)CN2CCCCC2)c2ccccc12. The molecule has 2 aromatic rings. The molecule has 1 fully saturated rings. The Morgan fingerprint density at radius 1 is 1.05 bits per heavy atom. The molecule has 0 saturated carbocycles. The average Bonchev–Trinajstić information content (AvgIpc) is 2.54. The maximum Gasteiger partial charge on any atom is 0.177 e. The number of ketones is 1. The van der Waals surface area contributed by atoms with Gasteiger partial charge < -0.3 is 4.74 Å². The monoisotopic (exact) mass is 283 g/mol. The Balaban J connectivity index is 1.91. The van der Waals surface area contributed by atoms with Crippen molar-refractivity contribution >= 4 is 16.6 Å². The van der Waals surface area contributed by atoms with Crippen molar-refractivity contribution < 1.29 is 9.53 Å². The molecule has 0 bridgehead atoms. The van der Waals surface area contributed by atoms with Crippen LogP contribution >= 0.6 is 0 Å². The molecule has 1 saturated heterocycles. The number of ether oxygens (including phenoxy) is 1. The molecule has 3 heteroatoms. The molecule has 2 aromatic carbocycles. The molecule has 0 amide bonds. The van der Waals surface area contributed by atoms with Gasteiger partial charge in [-0.15, -0.1) is 0 Å². The highest BCUT2D eigenvalue weighted by Gasteiger charge is 2.17. The third-order valence-electron chi connectivity index (χ3n) is 4.22. The Kier molecular flexibility index (Phi) is 4.20. The van der Waals surface area contributed by atoms with Gasteiger partial charge in [-0.25, -0.2) is 0 Å². The number of fused-ring (bicyclic) bond motifs is 1. The van der Waals surface area contributed by atoms with Gasteiger partial charge in [-0.1, -0.05) is 30.7 Å². The first kappa shape index (κ1) is 14.1. The van der Waals surface area contributed by atoms with E-state index in [1.165, 1.54) is 19.3 Å². The summed E-state index contributed by atoms with van der Waals surface area (Å²) >= 11 is 0. The van der Waals surface area contributed by atoms with Crippen molar-refractivity contribution in [3.8, 4) is 5.75 Å². The van der Waals surface area contributed by atoms with Gasteiger partial charge in [0.2, 0.25) is 0 Å². The predicted molar refractivity (Wildman–Crippen MR) is 85.1 cm³/mol. The van der Waals surface area contributed by atoms with E-state index in [1.54, 1.807) is 7.11 Å². The highest BCUT2D eigenvalue weighted by Crippen LogP contribution is 2.28. The Labute approximate surface area is 125 Å². The fraction of sp³-hybridized carbons (Fsp3) is 0.389. The molecule has 0 N–H and O–H groups in total. The first-order chi connectivity index (χ1) is 10.3. The van der Waals surface area contributed by atoms with Crippen molar-refractivity contribution in [2.45, 2.75) is 19.3 Å². The zero-order valence-corrected chi connectivity index (χ0v) is 12.5. The second-order valence-electron chi connectivity index (χ2n) is 5.62. The summed E-state index contributed by atoms with van der Waals surface area (Å²) in [6, 6.07) is 11.7. The third kappa shape index (κ3) is 2.93. The predicted octanol–water partition coefficient (Wildman–Crippen LogP) is 3.52. The van der Waals surface area contributed by atoms with E-state index in [0.717, 1.165) is 35.2 Å². The summed E-state index contributed by atoms with van der Waals surface area (Å²) < 4.78 is 5.39. The van der Waals surface area contributed by atoms with Crippen molar-refractivity contribution in [1.29, 1.82) is 0 Å². The lowest BCUT2D eigenvalue weighted by molar-refractivity contribution is 0.0917. The number of methoxy groups -OCH3 is 1. The molecule has 0 aliphatic carbocycles. The molecule has 0 atom stereocenters. The summed E-state index contributed by atoms with van der Waals surface area (Å²) in [6.45, 7) is 2.61. The first-order valence-corrected chi connectivity index (χ1v) is 7.61. The molecule has 0 radical (unpaired) electrons. The molecular formula is C18H21NO2. The zero-order valence-electron chi connectivity index (χ0n) is 12.5. The standard InChI is InChI=1S/C18H21NO2/c1-21-18-10-9-15(14-7-3-4-8-16(14)18)17(20)13-19-11-5-2-6-12-19/h3-4,7-10H,2,5-6,11-13H2,1H3. The number of rotatable bonds is 4. The van der Waals surface area contributed by atoms with E-state index >= 15 is 0 Å². The maximum absolute atomic E-state index is 12.6. The molecule has 0 unspecified atom stereocenters. The lowest BCUT2D eigenvalue weighted by Crippen LogP contribution is -2.34. The Morgan fingerprint density at radius 2 is 1.76 bits per heavy atom. The van der Waals surface area contributed by atoms with Crippen molar-refractivity contribution in [3.05, 3.63) is 42.0 Å². The van der Waals surface area contributed by atoms with Gasteiger partial charge in [0.05, 0.1) is 13.7 Å². The number of Topliss-reactive ketones (excluding diaryl/α,β-unsaturated/α-hetero) is 1. The quantitative estimate of drug-likeness (QED) is 0.804. The molecule has 3 rings (SSSR count). The van der Waals surface area contributed by atoms with Gasteiger partial charge in [-0.2, -0.15) is 0 Å². The van der Waals surface area contributed by atoms with E-state index in [1.807, 2.05) is 36.4 Å². The minimum Gasteiger partial charge on any atom is -0.496 e. The van der Waals surface area contributed by atoms with Crippen LogP contribution in [-0.2, 0) is 0 Å². The molecule has 110 valence electrons. The topological polar surface area (TPSA) is 29.5 Å². The average molecular weight is 283 g/mol. The van der Waals surface area contributed by atoms with Gasteiger partial charge in [0.1, 0.15) is 5.75 Å². The van der Waals surface area contributed by atoms with Crippen molar-refractivity contribution in [2.75, 3.05) is 26.7 Å². The molecule has 1 aliphatic rings. The third-order valence-corrected chi connectivity index (χ3v) is 4.22. The number of hydrogen-bond acceptors (Lipinski definition) is 3. The summed E-state index contributed by atoms with van der Waals surface area (Å²) in [7, 11) is 1.66. The van der Waals surface area contributed by atoms with E-state index in [2.05, 4.69) is 4.90 Å². The van der Waals surface area contributed by atoms with Crippen LogP contribution < -0.4 is 4.74 Å². The Morgan fingerprint density at radius 3 is 2.48 bits per heavy atom. The van der Waals surface area contributed by atoms with Crippen molar-refractivity contribution in [3.63, 3.8) is 0 Å². The molecule has 3 nitrogen and oxygen atoms in total. The van der Waals surface area contributed by atoms with Gasteiger partial charge in [0, 0.05) is 10.9 Å². The van der Waals surface area contributed by atoms with E-state index in [9.17, 15) is 4.79 Å². The van der Waals surface area contributed by atoms with E-state index in [-0.39, 0.29) is 5.78 Å². The number of likely N-dealkylation sites (tertiary alicyclic amines) is 1. The van der Waals surface area contributed by atoms with Gasteiger partial charge in [-0.05, 0) is 43.5 Å². The van der Waals surface area contributed by atoms with Crippen LogP contribution in [0.15, 0.2) is 36.4 Å². The van der Waals surface area contributed by atoms with Crippen LogP contribution in [0.1, 0.15) is 29.6 Å². The smallest absolute Gasteiger partial charge is 0.177 e. The van der Waals surface area contributed by atoms with Crippen molar-refractivity contribution in [1.82, 2.24) is 4.90 Å². The fourth-order valence-corrected chi connectivity index (χ4v) is 3.10. The van der Waals surface area contributed by atoms with E-state index < -0.39 is 0 Å². The van der Waals surface area contributed by atoms with Crippen LogP contribution in [0.5, 0.6) is 5.75 Å². The molecule has 0 aromatic heterocycles. The number of carbonyl (C=O) groups is 1. The Bertz CT molecular complexity index is 645. The van der Waals surface area contributed by atoms with Gasteiger partial charge in [-0.3, -0.25) is 9.69 Å². The molecule has 1 aliphatic heterocycles. The summed E-state index contributed by atoms with van der Waals surface area (Å²) in [6.07, 6.45) is 3.70. The van der Waals surface area contributed by atoms with Gasteiger partial charge >= 0.3 is 0 Å². The van der Waals surface area contributed by atoms with Crippen LogP contribution in [0, 0.1) is 0 Å². The second-order valence-corrected chi connectivity index (χ2v) is 5.62. The highest BCUT2D eigenvalue weighted by molar-refractivity contribution is 6.10. The molecule has 21 heavy (non-hydrogen) atoms. The van der Waals surface area contributed by atoms with Crippen molar-refractivity contribution in [2.24, 2.45) is 0 Å². The highest BCUT2D eigenvalue weighted by atomic mass is 16.5. The summed E-state index contributed by atoms with van der Waals surface area (Å²) in [5.41, 5.74) is 0.803. The number of benzene rings is 2. The van der Waals surface area contributed by atoms with Crippen LogP contribution in [0.4, 0.5) is 0 Å². The summed E-state index contributed by atoms with van der Waals surface area (Å²) in [4.78, 5) is 14.9. The van der Waals surface area contributed by atoms with Gasteiger partial charge in [0.15, 0.2) is 5.78 Å². The fourth-order valence-electron chi connectivity index (χ4n) is 3.10. The number of piperidine rings is 1. The van der Waals surface area contributed by atoms with Crippen LogP contribution in [0.3, 0.4) is 0 Å². The molecular weight excluding hydrogens is 262 g/mol. The van der Waals surface area contributed by atoms with Crippen LogP contribution in [0.2, 0.25) is 0 Å². The van der Waals surface area contributed by atoms with Crippen LogP contribution in [0.25, 0.3) is 10.8 Å². The summed E-state index contributed by atoms with van der Waals surface area (Å²) in [5.74, 6) is 1.02. The molecule has 0 spiro atoms. The minimum absolute atomic E-state index is 0.204. The Hall–Kier alpha value is -1.87. The normalized spacial score (nSPS) is 16.0. The van der Waals surface area contributed by atoms with Crippen LogP contribution in [-0.4, -0.2) is 37.4 Å². The second kappa shape index (κ2) is 6.27. The number of carbonyl (C=O) groups excluding carboxylic acids is 1. The summed E-state index contributed by atoms with van der Waals surface area (Å²) in [5, 5.41) is 1.99. The molecule has 1 heterocycles. The maximum atomic E-state index is 12.6. The van der Waals surface area contributed by atoms with Gasteiger partial charge in [0.25, 0.3) is 0 Å². The van der Waals surface area contributed by atoms with E-state index in [4.69, 9.17) is 4.74 Å².